The van der Waals surface area contributed by atoms with Crippen LogP contribution in [0.2, 0.25) is 0 Å². The molecule has 3 N–H and O–H groups in total. The molecule has 10 heavy (non-hydrogen) atoms. The number of halogens is 1. The Bertz CT molecular complexity index is 237. The first-order valence-electron chi connectivity index (χ1n) is 2.89. The molecule has 0 fully saturated rings. The summed E-state index contributed by atoms with van der Waals surface area (Å²) in [6, 6.07) is 5.41. The predicted octanol–water partition coefficient (Wildman–Crippen LogP) is 1.52. The van der Waals surface area contributed by atoms with Crippen molar-refractivity contribution < 1.29 is 5.11 Å². The van der Waals surface area contributed by atoms with Gasteiger partial charge in [0.25, 0.3) is 0 Å². The lowest BCUT2D eigenvalue weighted by Gasteiger charge is -2.00. The smallest absolute Gasteiger partial charge is 0.0701 e. The van der Waals surface area contributed by atoms with Gasteiger partial charge in [-0.3, -0.25) is 0 Å². The Hall–Kier alpha value is -0.540. The monoisotopic (exact) mass is 201 g/mol. The van der Waals surface area contributed by atoms with Gasteiger partial charge in [0.15, 0.2) is 0 Å². The van der Waals surface area contributed by atoms with Crippen molar-refractivity contribution in [2.45, 2.75) is 6.61 Å². The molecule has 0 saturated heterocycles. The average Bonchev–Trinajstić information content (AvgIpc) is 1.88. The summed E-state index contributed by atoms with van der Waals surface area (Å²) in [6.45, 7) is -0.000880. The summed E-state index contributed by atoms with van der Waals surface area (Å²) in [6.07, 6.45) is 0. The van der Waals surface area contributed by atoms with Crippen LogP contribution in [-0.2, 0) is 6.61 Å². The first kappa shape index (κ1) is 7.57. The van der Waals surface area contributed by atoms with E-state index in [1.54, 1.807) is 12.1 Å². The Kier molecular flexibility index (Phi) is 2.29. The Labute approximate surface area is 67.8 Å². The molecule has 54 valence electrons. The molecule has 0 radical (unpaired) electrons. The average molecular weight is 202 g/mol. The van der Waals surface area contributed by atoms with E-state index >= 15 is 0 Å². The molecule has 0 saturated carbocycles. The number of nitrogens with two attached hydrogens (primary N) is 1. The Morgan fingerprint density at radius 2 is 2.20 bits per heavy atom. The Morgan fingerprint density at radius 1 is 1.50 bits per heavy atom. The van der Waals surface area contributed by atoms with Crippen molar-refractivity contribution in [1.29, 1.82) is 0 Å². The van der Waals surface area contributed by atoms with Crippen LogP contribution in [0.5, 0.6) is 0 Å². The quantitative estimate of drug-likeness (QED) is 0.678. The number of benzene rings is 1. The van der Waals surface area contributed by atoms with Crippen LogP contribution in [0.4, 0.5) is 5.69 Å². The third-order valence-electron chi connectivity index (χ3n) is 1.28. The number of aliphatic hydroxyl groups is 1. The van der Waals surface area contributed by atoms with E-state index in [1.807, 2.05) is 6.07 Å². The van der Waals surface area contributed by atoms with Gasteiger partial charge >= 0.3 is 0 Å². The van der Waals surface area contributed by atoms with Crippen molar-refractivity contribution >= 4 is 21.6 Å². The molecule has 0 amide bonds. The summed E-state index contributed by atoms with van der Waals surface area (Å²) in [5, 5.41) is 8.71. The third-order valence-corrected chi connectivity index (χ3v) is 1.77. The molecule has 0 bridgehead atoms. The van der Waals surface area contributed by atoms with E-state index in [0.717, 1.165) is 10.0 Å². The zero-order chi connectivity index (χ0) is 7.56. The maximum atomic E-state index is 8.71. The zero-order valence-electron chi connectivity index (χ0n) is 5.34. The highest BCUT2D eigenvalue weighted by atomic mass is 79.9. The fourth-order valence-electron chi connectivity index (χ4n) is 0.710. The van der Waals surface area contributed by atoms with Gasteiger partial charge in [-0.15, -0.1) is 0 Å². The third kappa shape index (κ3) is 1.49. The second-order valence-corrected chi connectivity index (χ2v) is 2.92. The number of hydrogen-bond donors (Lipinski definition) is 2. The molecule has 0 aliphatic heterocycles. The van der Waals surface area contributed by atoms with Crippen molar-refractivity contribution in [2.24, 2.45) is 0 Å². The fraction of sp³-hybridized carbons (Fsp3) is 0.143. The molecule has 1 aromatic rings. The summed E-state index contributed by atoms with van der Waals surface area (Å²) in [4.78, 5) is 0. The molecule has 2 nitrogen and oxygen atoms in total. The maximum absolute atomic E-state index is 8.71. The van der Waals surface area contributed by atoms with Crippen molar-refractivity contribution in [3.05, 3.63) is 28.2 Å². The molecule has 3 heteroatoms. The molecule has 0 unspecified atom stereocenters. The lowest BCUT2D eigenvalue weighted by molar-refractivity contribution is 0.282. The SMILES string of the molecule is Nc1cc(Br)ccc1CO. The molecule has 1 aromatic carbocycles. The summed E-state index contributed by atoms with van der Waals surface area (Å²) in [7, 11) is 0. The Morgan fingerprint density at radius 3 is 2.70 bits per heavy atom. The zero-order valence-corrected chi connectivity index (χ0v) is 6.93. The van der Waals surface area contributed by atoms with Crippen molar-refractivity contribution in [1.82, 2.24) is 0 Å². The van der Waals surface area contributed by atoms with Gasteiger partial charge in [-0.05, 0) is 12.1 Å². The fourth-order valence-corrected chi connectivity index (χ4v) is 1.09. The number of hydrogen-bond acceptors (Lipinski definition) is 2. The van der Waals surface area contributed by atoms with E-state index in [2.05, 4.69) is 15.9 Å². The second kappa shape index (κ2) is 3.03. The van der Waals surface area contributed by atoms with Crippen molar-refractivity contribution in [2.75, 3.05) is 5.73 Å². The Balaban J connectivity index is 3.07. The van der Waals surface area contributed by atoms with Crippen LogP contribution in [0.15, 0.2) is 22.7 Å². The van der Waals surface area contributed by atoms with Gasteiger partial charge in [0.1, 0.15) is 0 Å². The van der Waals surface area contributed by atoms with Crippen LogP contribution >= 0.6 is 15.9 Å². The molecular weight excluding hydrogens is 194 g/mol. The van der Waals surface area contributed by atoms with Crippen molar-refractivity contribution in [3.63, 3.8) is 0 Å². The molecular formula is C7H8BrNO. The molecule has 0 aliphatic rings. The minimum absolute atomic E-state index is 0.000880. The van der Waals surface area contributed by atoms with Crippen LogP contribution in [0, 0.1) is 0 Å². The largest absolute Gasteiger partial charge is 0.398 e. The van der Waals surface area contributed by atoms with E-state index in [9.17, 15) is 0 Å². The van der Waals surface area contributed by atoms with E-state index in [4.69, 9.17) is 10.8 Å². The van der Waals surface area contributed by atoms with Gasteiger partial charge in [0.05, 0.1) is 6.61 Å². The molecule has 0 heterocycles. The number of anilines is 1. The van der Waals surface area contributed by atoms with Crippen LogP contribution in [0.1, 0.15) is 5.56 Å². The minimum atomic E-state index is -0.000880. The standard InChI is InChI=1S/C7H8BrNO/c8-6-2-1-5(4-10)7(9)3-6/h1-3,10H,4,9H2. The van der Waals surface area contributed by atoms with Crippen LogP contribution in [0.3, 0.4) is 0 Å². The number of nitrogen functional groups attached to an aromatic ring is 1. The van der Waals surface area contributed by atoms with Crippen LogP contribution in [-0.4, -0.2) is 5.11 Å². The first-order chi connectivity index (χ1) is 4.74. The summed E-state index contributed by atoms with van der Waals surface area (Å²) in [5.41, 5.74) is 6.93. The molecule has 0 spiro atoms. The normalized spacial score (nSPS) is 9.80. The molecule has 0 aliphatic carbocycles. The van der Waals surface area contributed by atoms with Gasteiger partial charge in [0.2, 0.25) is 0 Å². The summed E-state index contributed by atoms with van der Waals surface area (Å²) < 4.78 is 0.933. The molecule has 0 atom stereocenters. The lowest BCUT2D eigenvalue weighted by Crippen LogP contribution is -1.92. The second-order valence-electron chi connectivity index (χ2n) is 2.00. The topological polar surface area (TPSA) is 46.2 Å². The predicted molar refractivity (Wildman–Crippen MR) is 44.5 cm³/mol. The maximum Gasteiger partial charge on any atom is 0.0701 e. The van der Waals surface area contributed by atoms with Gasteiger partial charge < -0.3 is 10.8 Å². The lowest BCUT2D eigenvalue weighted by atomic mass is 10.2. The summed E-state index contributed by atoms with van der Waals surface area (Å²) >= 11 is 3.26. The van der Waals surface area contributed by atoms with E-state index < -0.39 is 0 Å². The van der Waals surface area contributed by atoms with Gasteiger partial charge in [-0.25, -0.2) is 0 Å². The highest BCUT2D eigenvalue weighted by Crippen LogP contribution is 2.17. The van der Waals surface area contributed by atoms with Gasteiger partial charge in [0, 0.05) is 15.7 Å². The number of rotatable bonds is 1. The van der Waals surface area contributed by atoms with E-state index in [0.29, 0.717) is 5.69 Å². The van der Waals surface area contributed by atoms with Crippen molar-refractivity contribution in [3.8, 4) is 0 Å². The van der Waals surface area contributed by atoms with Gasteiger partial charge in [-0.1, -0.05) is 22.0 Å². The number of aliphatic hydroxyl groups excluding tert-OH is 1. The summed E-state index contributed by atoms with van der Waals surface area (Å²) in [5.74, 6) is 0. The molecule has 1 rings (SSSR count). The van der Waals surface area contributed by atoms with E-state index in [-0.39, 0.29) is 6.61 Å². The van der Waals surface area contributed by atoms with Crippen LogP contribution in [0.25, 0.3) is 0 Å². The van der Waals surface area contributed by atoms with E-state index in [1.165, 1.54) is 0 Å². The first-order valence-corrected chi connectivity index (χ1v) is 3.68. The highest BCUT2D eigenvalue weighted by Gasteiger charge is 1.95. The molecule has 0 aromatic heterocycles. The highest BCUT2D eigenvalue weighted by molar-refractivity contribution is 9.10. The van der Waals surface area contributed by atoms with Gasteiger partial charge in [-0.2, -0.15) is 0 Å². The van der Waals surface area contributed by atoms with Crippen LogP contribution < -0.4 is 5.73 Å². The minimum Gasteiger partial charge on any atom is -0.398 e.